The fraction of sp³-hybridized carbons (Fsp3) is 0.625. The summed E-state index contributed by atoms with van der Waals surface area (Å²) in [5.41, 5.74) is 0. The minimum atomic E-state index is -3.41. The van der Waals surface area contributed by atoms with E-state index in [1.807, 2.05) is 6.07 Å². The first-order chi connectivity index (χ1) is 11.0. The molecule has 1 unspecified atom stereocenters. The number of rotatable bonds is 3. The van der Waals surface area contributed by atoms with Crippen molar-refractivity contribution in [3.8, 4) is 0 Å². The first-order valence-corrected chi connectivity index (χ1v) is 10.4. The standard InChI is InChI=1S/C16H24BrN3O2S/c1-18-8-4-5-14(13-18)19-9-11-20(12-10-19)23(21,22)16-7-3-2-6-15(16)17/h2-3,6-7,14H,4-5,8-13H2,1H3. The maximum atomic E-state index is 12.8. The molecule has 1 atom stereocenters. The van der Waals surface area contributed by atoms with Gasteiger partial charge in [0.15, 0.2) is 0 Å². The molecule has 0 amide bonds. The van der Waals surface area contributed by atoms with Gasteiger partial charge in [-0.2, -0.15) is 4.31 Å². The number of piperazine rings is 1. The van der Waals surface area contributed by atoms with Gasteiger partial charge in [0, 0.05) is 43.2 Å². The topological polar surface area (TPSA) is 43.9 Å². The minimum absolute atomic E-state index is 0.367. The number of sulfonamides is 1. The zero-order valence-corrected chi connectivity index (χ0v) is 15.9. The molecule has 7 heteroatoms. The van der Waals surface area contributed by atoms with Crippen molar-refractivity contribution in [1.29, 1.82) is 0 Å². The second-order valence-corrected chi connectivity index (χ2v) is 9.19. The van der Waals surface area contributed by atoms with Crippen LogP contribution in [-0.2, 0) is 10.0 Å². The largest absolute Gasteiger partial charge is 0.305 e. The predicted molar refractivity (Wildman–Crippen MR) is 95.0 cm³/mol. The van der Waals surface area contributed by atoms with Crippen LogP contribution in [-0.4, -0.2) is 74.9 Å². The number of likely N-dealkylation sites (tertiary alicyclic amines) is 1. The van der Waals surface area contributed by atoms with Crippen LogP contribution in [0.15, 0.2) is 33.6 Å². The van der Waals surface area contributed by atoms with Crippen molar-refractivity contribution in [3.05, 3.63) is 28.7 Å². The normalized spacial score (nSPS) is 25.6. The number of halogens is 1. The molecule has 0 spiro atoms. The lowest BCUT2D eigenvalue weighted by Crippen LogP contribution is -2.55. The maximum absolute atomic E-state index is 12.8. The molecule has 23 heavy (non-hydrogen) atoms. The maximum Gasteiger partial charge on any atom is 0.244 e. The Bertz CT molecular complexity index is 644. The Kier molecular flexibility index (Phi) is 5.42. The third kappa shape index (κ3) is 3.79. The van der Waals surface area contributed by atoms with Gasteiger partial charge in [-0.3, -0.25) is 4.90 Å². The monoisotopic (exact) mass is 401 g/mol. The van der Waals surface area contributed by atoms with Crippen LogP contribution in [0.25, 0.3) is 0 Å². The molecule has 0 aliphatic carbocycles. The average Bonchev–Trinajstić information content (AvgIpc) is 2.55. The highest BCUT2D eigenvalue weighted by atomic mass is 79.9. The first-order valence-electron chi connectivity index (χ1n) is 8.16. The van der Waals surface area contributed by atoms with Crippen molar-refractivity contribution in [3.63, 3.8) is 0 Å². The second kappa shape index (κ2) is 7.19. The molecule has 1 aromatic rings. The molecule has 2 aliphatic heterocycles. The Morgan fingerprint density at radius 2 is 1.78 bits per heavy atom. The summed E-state index contributed by atoms with van der Waals surface area (Å²) in [5.74, 6) is 0. The van der Waals surface area contributed by atoms with Gasteiger partial charge in [-0.1, -0.05) is 12.1 Å². The molecule has 128 valence electrons. The van der Waals surface area contributed by atoms with Crippen LogP contribution >= 0.6 is 15.9 Å². The van der Waals surface area contributed by atoms with Gasteiger partial charge in [-0.25, -0.2) is 8.42 Å². The number of hydrogen-bond acceptors (Lipinski definition) is 4. The summed E-state index contributed by atoms with van der Waals surface area (Å²) in [7, 11) is -1.24. The molecule has 1 aromatic carbocycles. The number of likely N-dealkylation sites (N-methyl/N-ethyl adjacent to an activating group) is 1. The smallest absolute Gasteiger partial charge is 0.244 e. The van der Waals surface area contributed by atoms with Crippen LogP contribution < -0.4 is 0 Å². The minimum Gasteiger partial charge on any atom is -0.305 e. The van der Waals surface area contributed by atoms with Crippen LogP contribution in [0.2, 0.25) is 0 Å². The van der Waals surface area contributed by atoms with Crippen molar-refractivity contribution in [1.82, 2.24) is 14.1 Å². The summed E-state index contributed by atoms with van der Waals surface area (Å²) >= 11 is 3.36. The van der Waals surface area contributed by atoms with Crippen LogP contribution in [0.1, 0.15) is 12.8 Å². The van der Waals surface area contributed by atoms with E-state index in [0.717, 1.165) is 19.6 Å². The van der Waals surface area contributed by atoms with E-state index in [0.29, 0.717) is 28.5 Å². The van der Waals surface area contributed by atoms with E-state index in [9.17, 15) is 8.42 Å². The van der Waals surface area contributed by atoms with Gasteiger partial charge in [-0.05, 0) is 54.5 Å². The highest BCUT2D eigenvalue weighted by Gasteiger charge is 2.32. The van der Waals surface area contributed by atoms with Crippen LogP contribution in [0, 0.1) is 0 Å². The Morgan fingerprint density at radius 1 is 1.09 bits per heavy atom. The van der Waals surface area contributed by atoms with Gasteiger partial charge in [0.1, 0.15) is 0 Å². The van der Waals surface area contributed by atoms with E-state index in [1.165, 1.54) is 19.4 Å². The summed E-state index contributed by atoms with van der Waals surface area (Å²) in [4.78, 5) is 5.20. The van der Waals surface area contributed by atoms with Crippen LogP contribution in [0.4, 0.5) is 0 Å². The van der Waals surface area contributed by atoms with E-state index < -0.39 is 10.0 Å². The molecule has 2 saturated heterocycles. The summed E-state index contributed by atoms with van der Waals surface area (Å²) in [6, 6.07) is 7.62. The number of benzene rings is 1. The summed E-state index contributed by atoms with van der Waals surface area (Å²) in [6.45, 7) is 5.06. The summed E-state index contributed by atoms with van der Waals surface area (Å²) in [6.07, 6.45) is 2.46. The number of hydrogen-bond donors (Lipinski definition) is 0. The summed E-state index contributed by atoms with van der Waals surface area (Å²) < 4.78 is 27.9. The number of nitrogens with zero attached hydrogens (tertiary/aromatic N) is 3. The second-order valence-electron chi connectivity index (χ2n) is 6.43. The lowest BCUT2D eigenvalue weighted by molar-refractivity contribution is 0.0824. The molecule has 2 aliphatic rings. The highest BCUT2D eigenvalue weighted by Crippen LogP contribution is 2.26. The fourth-order valence-electron chi connectivity index (χ4n) is 3.54. The molecule has 0 saturated carbocycles. The molecule has 5 nitrogen and oxygen atoms in total. The van der Waals surface area contributed by atoms with E-state index in [2.05, 4.69) is 32.8 Å². The van der Waals surface area contributed by atoms with Gasteiger partial charge in [0.2, 0.25) is 10.0 Å². The van der Waals surface area contributed by atoms with Gasteiger partial charge in [0.05, 0.1) is 4.90 Å². The Labute approximate surface area is 147 Å². The zero-order chi connectivity index (χ0) is 16.4. The lowest BCUT2D eigenvalue weighted by atomic mass is 10.0. The van der Waals surface area contributed by atoms with Crippen molar-refractivity contribution in [2.24, 2.45) is 0 Å². The van der Waals surface area contributed by atoms with E-state index in [4.69, 9.17) is 0 Å². The lowest BCUT2D eigenvalue weighted by Gasteiger charge is -2.42. The Morgan fingerprint density at radius 3 is 2.43 bits per heavy atom. The third-order valence-corrected chi connectivity index (χ3v) is 7.75. The van der Waals surface area contributed by atoms with Crippen molar-refractivity contribution in [2.45, 2.75) is 23.8 Å². The quantitative estimate of drug-likeness (QED) is 0.774. The molecule has 0 aromatic heterocycles. The van der Waals surface area contributed by atoms with Crippen molar-refractivity contribution in [2.75, 3.05) is 46.3 Å². The Hall–Kier alpha value is -0.470. The zero-order valence-electron chi connectivity index (χ0n) is 13.5. The molecule has 3 rings (SSSR count). The molecular formula is C16H24BrN3O2S. The van der Waals surface area contributed by atoms with Gasteiger partial charge in [0.25, 0.3) is 0 Å². The van der Waals surface area contributed by atoms with E-state index in [1.54, 1.807) is 22.5 Å². The molecular weight excluding hydrogens is 378 g/mol. The van der Waals surface area contributed by atoms with Crippen LogP contribution in [0.3, 0.4) is 0 Å². The van der Waals surface area contributed by atoms with Gasteiger partial charge in [-0.15, -0.1) is 0 Å². The molecule has 0 N–H and O–H groups in total. The number of piperidine rings is 1. The van der Waals surface area contributed by atoms with Crippen LogP contribution in [0.5, 0.6) is 0 Å². The average molecular weight is 402 g/mol. The Balaban J connectivity index is 1.66. The van der Waals surface area contributed by atoms with E-state index >= 15 is 0 Å². The van der Waals surface area contributed by atoms with E-state index in [-0.39, 0.29) is 0 Å². The molecule has 2 fully saturated rings. The van der Waals surface area contributed by atoms with Crippen molar-refractivity contribution >= 4 is 26.0 Å². The van der Waals surface area contributed by atoms with Gasteiger partial charge < -0.3 is 4.90 Å². The predicted octanol–water partition coefficient (Wildman–Crippen LogP) is 1.85. The third-order valence-electron chi connectivity index (χ3n) is 4.84. The SMILES string of the molecule is CN1CCCC(N2CCN(S(=O)(=O)c3ccccc3Br)CC2)C1. The highest BCUT2D eigenvalue weighted by molar-refractivity contribution is 9.10. The molecule has 0 radical (unpaired) electrons. The first kappa shape index (κ1) is 17.4. The van der Waals surface area contributed by atoms with Gasteiger partial charge >= 0.3 is 0 Å². The molecule has 2 heterocycles. The fourth-order valence-corrected chi connectivity index (χ4v) is 5.92. The molecule has 0 bridgehead atoms. The summed E-state index contributed by atoms with van der Waals surface area (Å²) in [5, 5.41) is 0. The van der Waals surface area contributed by atoms with Crippen molar-refractivity contribution < 1.29 is 8.42 Å².